The molecule has 1 aromatic rings. The summed E-state index contributed by atoms with van der Waals surface area (Å²) in [7, 11) is 0. The van der Waals surface area contributed by atoms with Gasteiger partial charge in [-0.2, -0.15) is 0 Å². The lowest BCUT2D eigenvalue weighted by Crippen LogP contribution is -2.28. The second-order valence-electron chi connectivity index (χ2n) is 5.23. The number of rotatable bonds is 7. The van der Waals surface area contributed by atoms with Crippen molar-refractivity contribution in [2.45, 2.75) is 45.6 Å². The molecule has 0 amide bonds. The largest absolute Gasteiger partial charge is 0.317 e. The first-order valence-corrected chi connectivity index (χ1v) is 8.19. The number of thiophene rings is 1. The SMILES string of the molecule is CCc1ccc(CNCCCC2CCNCC2)s1. The van der Waals surface area contributed by atoms with E-state index in [1.807, 2.05) is 11.3 Å². The third kappa shape index (κ3) is 4.71. The zero-order valence-electron chi connectivity index (χ0n) is 11.5. The van der Waals surface area contributed by atoms with Crippen molar-refractivity contribution < 1.29 is 0 Å². The standard InChI is InChI=1S/C15H26N2S/c1-2-14-5-6-15(18-14)12-17-9-3-4-13-7-10-16-11-8-13/h5-6,13,16-17H,2-4,7-12H2,1H3. The minimum atomic E-state index is 0.974. The predicted molar refractivity (Wildman–Crippen MR) is 80.2 cm³/mol. The van der Waals surface area contributed by atoms with E-state index in [1.165, 1.54) is 61.5 Å². The van der Waals surface area contributed by atoms with Gasteiger partial charge in [0.05, 0.1) is 0 Å². The van der Waals surface area contributed by atoms with E-state index in [0.29, 0.717) is 0 Å². The lowest BCUT2D eigenvalue weighted by atomic mass is 9.93. The molecule has 2 nitrogen and oxygen atoms in total. The molecule has 102 valence electrons. The van der Waals surface area contributed by atoms with Crippen molar-refractivity contribution in [2.75, 3.05) is 19.6 Å². The van der Waals surface area contributed by atoms with Gasteiger partial charge < -0.3 is 10.6 Å². The van der Waals surface area contributed by atoms with E-state index >= 15 is 0 Å². The lowest BCUT2D eigenvalue weighted by Gasteiger charge is -2.22. The van der Waals surface area contributed by atoms with Crippen LogP contribution in [0.15, 0.2) is 12.1 Å². The Hall–Kier alpha value is -0.380. The molecule has 0 radical (unpaired) electrons. The molecule has 1 fully saturated rings. The second-order valence-corrected chi connectivity index (χ2v) is 6.49. The molecule has 0 unspecified atom stereocenters. The maximum atomic E-state index is 3.57. The fraction of sp³-hybridized carbons (Fsp3) is 0.733. The third-order valence-electron chi connectivity index (χ3n) is 3.79. The van der Waals surface area contributed by atoms with Crippen molar-refractivity contribution >= 4 is 11.3 Å². The quantitative estimate of drug-likeness (QED) is 0.741. The molecular formula is C15H26N2S. The highest BCUT2D eigenvalue weighted by Crippen LogP contribution is 2.18. The zero-order valence-corrected chi connectivity index (χ0v) is 12.3. The summed E-state index contributed by atoms with van der Waals surface area (Å²) in [4.78, 5) is 2.98. The molecule has 0 aliphatic carbocycles. The van der Waals surface area contributed by atoms with E-state index in [4.69, 9.17) is 0 Å². The van der Waals surface area contributed by atoms with Crippen LogP contribution >= 0.6 is 11.3 Å². The molecule has 3 heteroatoms. The number of hydrogen-bond acceptors (Lipinski definition) is 3. The second kappa shape index (κ2) is 7.93. The molecule has 1 aromatic heterocycles. The zero-order chi connectivity index (χ0) is 12.6. The van der Waals surface area contributed by atoms with Crippen LogP contribution in [0.2, 0.25) is 0 Å². The van der Waals surface area contributed by atoms with Gasteiger partial charge in [0.2, 0.25) is 0 Å². The summed E-state index contributed by atoms with van der Waals surface area (Å²) in [5, 5.41) is 7.00. The molecule has 0 saturated carbocycles. The summed E-state index contributed by atoms with van der Waals surface area (Å²) < 4.78 is 0. The number of aryl methyl sites for hydroxylation is 1. The Bertz CT molecular complexity index is 329. The molecule has 1 saturated heterocycles. The minimum Gasteiger partial charge on any atom is -0.317 e. The molecule has 1 aliphatic rings. The molecular weight excluding hydrogens is 240 g/mol. The van der Waals surface area contributed by atoms with Crippen molar-refractivity contribution in [1.82, 2.24) is 10.6 Å². The highest BCUT2D eigenvalue weighted by atomic mass is 32.1. The van der Waals surface area contributed by atoms with E-state index in [0.717, 1.165) is 12.5 Å². The van der Waals surface area contributed by atoms with Gasteiger partial charge in [-0.25, -0.2) is 0 Å². The maximum Gasteiger partial charge on any atom is 0.0299 e. The molecule has 0 spiro atoms. The molecule has 2 N–H and O–H groups in total. The molecule has 1 aliphatic heterocycles. The van der Waals surface area contributed by atoms with Gasteiger partial charge in [0, 0.05) is 16.3 Å². The first-order valence-electron chi connectivity index (χ1n) is 7.37. The van der Waals surface area contributed by atoms with Crippen molar-refractivity contribution in [2.24, 2.45) is 5.92 Å². The van der Waals surface area contributed by atoms with Crippen LogP contribution in [0, 0.1) is 5.92 Å². The van der Waals surface area contributed by atoms with Crippen molar-refractivity contribution in [3.05, 3.63) is 21.9 Å². The molecule has 0 aromatic carbocycles. The molecule has 18 heavy (non-hydrogen) atoms. The molecule has 2 rings (SSSR count). The first-order chi connectivity index (χ1) is 8.88. The van der Waals surface area contributed by atoms with E-state index in [-0.39, 0.29) is 0 Å². The van der Waals surface area contributed by atoms with Gasteiger partial charge >= 0.3 is 0 Å². The summed E-state index contributed by atoms with van der Waals surface area (Å²) in [6.45, 7) is 6.91. The van der Waals surface area contributed by atoms with Crippen LogP contribution in [0.3, 0.4) is 0 Å². The van der Waals surface area contributed by atoms with Gasteiger partial charge in [0.1, 0.15) is 0 Å². The van der Waals surface area contributed by atoms with Gasteiger partial charge in [0.15, 0.2) is 0 Å². The van der Waals surface area contributed by atoms with Crippen molar-refractivity contribution in [1.29, 1.82) is 0 Å². The van der Waals surface area contributed by atoms with Crippen molar-refractivity contribution in [3.8, 4) is 0 Å². The van der Waals surface area contributed by atoms with Crippen LogP contribution in [-0.4, -0.2) is 19.6 Å². The maximum absolute atomic E-state index is 3.57. The van der Waals surface area contributed by atoms with Crippen molar-refractivity contribution in [3.63, 3.8) is 0 Å². The lowest BCUT2D eigenvalue weighted by molar-refractivity contribution is 0.344. The smallest absolute Gasteiger partial charge is 0.0299 e. The van der Waals surface area contributed by atoms with Crippen LogP contribution < -0.4 is 10.6 Å². The van der Waals surface area contributed by atoms with Crippen LogP contribution in [0.5, 0.6) is 0 Å². The van der Waals surface area contributed by atoms with Crippen LogP contribution in [0.25, 0.3) is 0 Å². The summed E-state index contributed by atoms with van der Waals surface area (Å²) in [6, 6.07) is 4.53. The molecule has 0 bridgehead atoms. The predicted octanol–water partition coefficient (Wildman–Crippen LogP) is 3.18. The Morgan fingerprint density at radius 2 is 2.06 bits per heavy atom. The van der Waals surface area contributed by atoms with Gasteiger partial charge in [-0.1, -0.05) is 6.92 Å². The minimum absolute atomic E-state index is 0.974. The van der Waals surface area contributed by atoms with E-state index in [1.54, 1.807) is 0 Å². The third-order valence-corrected chi connectivity index (χ3v) is 5.02. The Balaban J connectivity index is 1.52. The average Bonchev–Trinajstić information content (AvgIpc) is 2.87. The summed E-state index contributed by atoms with van der Waals surface area (Å²) in [5.41, 5.74) is 0. The number of piperidine rings is 1. The Labute approximate surface area is 115 Å². The van der Waals surface area contributed by atoms with Gasteiger partial charge in [-0.15, -0.1) is 11.3 Å². The summed E-state index contributed by atoms with van der Waals surface area (Å²) >= 11 is 1.95. The summed E-state index contributed by atoms with van der Waals surface area (Å²) in [6.07, 6.45) is 6.66. The Morgan fingerprint density at radius 3 is 2.78 bits per heavy atom. The van der Waals surface area contributed by atoms with E-state index < -0.39 is 0 Å². The fourth-order valence-corrected chi connectivity index (χ4v) is 3.53. The summed E-state index contributed by atoms with van der Waals surface area (Å²) in [5.74, 6) is 0.974. The van der Waals surface area contributed by atoms with E-state index in [9.17, 15) is 0 Å². The van der Waals surface area contributed by atoms with Gasteiger partial charge in [0.25, 0.3) is 0 Å². The topological polar surface area (TPSA) is 24.1 Å². The van der Waals surface area contributed by atoms with E-state index in [2.05, 4.69) is 29.7 Å². The van der Waals surface area contributed by atoms with Crippen LogP contribution in [0.1, 0.15) is 42.4 Å². The van der Waals surface area contributed by atoms with Crippen LogP contribution in [0.4, 0.5) is 0 Å². The molecule has 2 heterocycles. The Kier molecular flexibility index (Phi) is 6.18. The van der Waals surface area contributed by atoms with Gasteiger partial charge in [-0.3, -0.25) is 0 Å². The molecule has 0 atom stereocenters. The number of hydrogen-bond donors (Lipinski definition) is 2. The fourth-order valence-electron chi connectivity index (χ4n) is 2.61. The Morgan fingerprint density at radius 1 is 1.28 bits per heavy atom. The normalized spacial score (nSPS) is 17.2. The number of nitrogens with one attached hydrogen (secondary N) is 2. The first kappa shape index (κ1) is 14.0. The monoisotopic (exact) mass is 266 g/mol. The van der Waals surface area contributed by atoms with Crippen LogP contribution in [-0.2, 0) is 13.0 Å². The van der Waals surface area contributed by atoms with Gasteiger partial charge in [-0.05, 0) is 69.8 Å². The highest BCUT2D eigenvalue weighted by Gasteiger charge is 2.11. The average molecular weight is 266 g/mol. The highest BCUT2D eigenvalue weighted by molar-refractivity contribution is 7.11.